The van der Waals surface area contributed by atoms with E-state index in [-0.39, 0.29) is 54.9 Å². The van der Waals surface area contributed by atoms with Gasteiger partial charge in [-0.1, -0.05) is 161 Å². The molecule has 0 atom stereocenters. The maximum Gasteiger partial charge on any atom is 1.00 e. The molecule has 0 radical (unpaired) electrons. The van der Waals surface area contributed by atoms with Crippen molar-refractivity contribution < 1.29 is 36.0 Å². The average molecular weight is 844 g/mol. The molecule has 0 spiro atoms. The van der Waals surface area contributed by atoms with Crippen LogP contribution in [0.2, 0.25) is 0 Å². The maximum atomic E-state index is 7.02. The average Bonchev–Trinajstić information content (AvgIpc) is 2.84. The summed E-state index contributed by atoms with van der Waals surface area (Å²) in [5.74, 6) is 2.42. The van der Waals surface area contributed by atoms with E-state index in [0.717, 1.165) is 17.2 Å². The summed E-state index contributed by atoms with van der Waals surface area (Å²) in [5.41, 5.74) is 6.67. The molecule has 3 rings (SSSR count). The first-order chi connectivity index (χ1) is 20.6. The van der Waals surface area contributed by atoms with Crippen molar-refractivity contribution in [2.45, 2.75) is 157 Å². The summed E-state index contributed by atoms with van der Waals surface area (Å²) in [6.07, 6.45) is 0. The van der Waals surface area contributed by atoms with E-state index in [0.29, 0.717) is 0 Å². The molecule has 0 N–H and O–H groups in total. The second kappa shape index (κ2) is 14.2. The summed E-state index contributed by atoms with van der Waals surface area (Å²) in [7, 11) is -1.92. The van der Waals surface area contributed by atoms with E-state index in [1.165, 1.54) is 33.4 Å². The predicted molar refractivity (Wildman–Crippen MR) is 200 cm³/mol. The van der Waals surface area contributed by atoms with Gasteiger partial charge in [0.05, 0.1) is 0 Å². The van der Waals surface area contributed by atoms with Gasteiger partial charge in [0.1, 0.15) is 17.2 Å². The molecule has 0 unspecified atom stereocenters. The molecule has 0 aromatic heterocycles. The Hall–Kier alpha value is -1.77. The third-order valence-corrected chi connectivity index (χ3v) is 9.31. The minimum Gasteiger partial charge on any atom is -0.408 e. The quantitative estimate of drug-likeness (QED) is 0.183. The van der Waals surface area contributed by atoms with Gasteiger partial charge in [-0.05, 0) is 67.4 Å². The maximum absolute atomic E-state index is 7.02. The summed E-state index contributed by atoms with van der Waals surface area (Å²) >= 11 is 0. The van der Waals surface area contributed by atoms with E-state index in [2.05, 4.69) is 179 Å². The zero-order valence-corrected chi connectivity index (χ0v) is 35.7. The minimum atomic E-state index is -1.92. The van der Waals surface area contributed by atoms with E-state index in [9.17, 15) is 0 Å². The van der Waals surface area contributed by atoms with Gasteiger partial charge in [0.15, 0.2) is 0 Å². The van der Waals surface area contributed by atoms with Gasteiger partial charge < -0.3 is 13.6 Å². The Morgan fingerprint density at radius 1 is 0.340 bits per heavy atom. The summed E-state index contributed by atoms with van der Waals surface area (Å²) in [4.78, 5) is 0. The van der Waals surface area contributed by atoms with Crippen molar-refractivity contribution in [1.29, 1.82) is 0 Å². The molecule has 264 valence electrons. The van der Waals surface area contributed by atoms with E-state index < -0.39 is 8.60 Å². The number of hydrogen-bond donors (Lipinski definition) is 0. The Kier molecular flexibility index (Phi) is 12.5. The van der Waals surface area contributed by atoms with Gasteiger partial charge in [-0.3, -0.25) is 0 Å². The molecular weight excluding hydrogens is 780 g/mol. The van der Waals surface area contributed by atoms with Gasteiger partial charge in [0.2, 0.25) is 0 Å². The molecule has 0 saturated carbocycles. The molecule has 0 bridgehead atoms. The smallest absolute Gasteiger partial charge is 0.408 e. The summed E-state index contributed by atoms with van der Waals surface area (Å²) in [6, 6.07) is 19.2. The van der Waals surface area contributed by atoms with E-state index in [4.69, 9.17) is 13.6 Å². The topological polar surface area (TPSA) is 27.7 Å². The zero-order valence-electron chi connectivity index (χ0n) is 32.7. The van der Waals surface area contributed by atoms with Crippen LogP contribution in [0.5, 0.6) is 17.2 Å². The SMILES string of the molecule is CC(C)(C)c1cccc(OP(Oc2cccc(C(C)(C)C)c2C(C)(C)C)Oc2cccc(C(C)(C)C)c2C(C)(C)C)c1C(C)(C)C.[Au+]. The number of rotatable bonds is 6. The van der Waals surface area contributed by atoms with E-state index >= 15 is 0 Å². The number of hydrogen-bond acceptors (Lipinski definition) is 3. The van der Waals surface area contributed by atoms with Crippen LogP contribution in [-0.2, 0) is 54.9 Å². The molecule has 3 aromatic rings. The van der Waals surface area contributed by atoms with Crippen LogP contribution < -0.4 is 13.6 Å². The van der Waals surface area contributed by atoms with Crippen molar-refractivity contribution in [2.75, 3.05) is 0 Å². The molecule has 0 amide bonds. The molecule has 5 heteroatoms. The second-order valence-corrected chi connectivity index (χ2v) is 20.0. The normalized spacial score (nSPS) is 13.3. The Morgan fingerprint density at radius 2 is 0.553 bits per heavy atom. The molecule has 0 aliphatic heterocycles. The van der Waals surface area contributed by atoms with Crippen LogP contribution in [-0.4, -0.2) is 0 Å². The van der Waals surface area contributed by atoms with Gasteiger partial charge in [0.25, 0.3) is 0 Å². The van der Waals surface area contributed by atoms with E-state index in [1.54, 1.807) is 0 Å². The van der Waals surface area contributed by atoms with Gasteiger partial charge in [-0.25, -0.2) is 0 Å². The molecule has 47 heavy (non-hydrogen) atoms. The Morgan fingerprint density at radius 3 is 0.723 bits per heavy atom. The van der Waals surface area contributed by atoms with Crippen LogP contribution in [0.15, 0.2) is 54.6 Å². The van der Waals surface area contributed by atoms with Crippen LogP contribution in [0, 0.1) is 0 Å². The first-order valence-electron chi connectivity index (χ1n) is 16.9. The molecule has 0 heterocycles. The Labute approximate surface area is 305 Å². The van der Waals surface area contributed by atoms with Crippen molar-refractivity contribution in [3.63, 3.8) is 0 Å². The Balaban J connectivity index is 0.00000768. The van der Waals surface area contributed by atoms with Crippen LogP contribution >= 0.6 is 8.60 Å². The monoisotopic (exact) mass is 843 g/mol. The molecule has 0 aliphatic rings. The zero-order chi connectivity index (χ0) is 35.3. The molecule has 3 nitrogen and oxygen atoms in total. The first-order valence-corrected chi connectivity index (χ1v) is 18.0. The van der Waals surface area contributed by atoms with Crippen LogP contribution in [0.25, 0.3) is 0 Å². The first kappa shape index (κ1) is 41.4. The van der Waals surface area contributed by atoms with E-state index in [1.807, 2.05) is 0 Å². The molecule has 0 saturated heterocycles. The summed E-state index contributed by atoms with van der Waals surface area (Å²) < 4.78 is 21.1. The van der Waals surface area contributed by atoms with Crippen molar-refractivity contribution >= 4 is 8.60 Å². The standard InChI is InChI=1S/C42H63O3P.Au/c1-37(2,3)28-22-19-25-31(34(28)40(10,11)12)43-46(44-32-26-20-23-29(38(4,5)6)35(32)41(13,14)15)45-33-27-21-24-30(39(7,8)9)36(33)42(16,17)18;/h19-27H,1-18H3;/q;+1. The predicted octanol–water partition coefficient (Wildman–Crippen LogP) is 13.2. The fourth-order valence-electron chi connectivity index (χ4n) is 6.31. The van der Waals surface area contributed by atoms with Gasteiger partial charge in [-0.15, -0.1) is 0 Å². The van der Waals surface area contributed by atoms with Crippen LogP contribution in [0.4, 0.5) is 0 Å². The van der Waals surface area contributed by atoms with Crippen molar-refractivity contribution in [2.24, 2.45) is 0 Å². The third-order valence-electron chi connectivity index (χ3n) is 8.27. The summed E-state index contributed by atoms with van der Waals surface area (Å²) in [6.45, 7) is 40.6. The molecular formula is C42H63AuO3P+. The fourth-order valence-corrected chi connectivity index (χ4v) is 7.36. The molecule has 0 aliphatic carbocycles. The summed E-state index contributed by atoms with van der Waals surface area (Å²) in [5, 5.41) is 0. The Bertz CT molecular complexity index is 1330. The third kappa shape index (κ3) is 10.1. The van der Waals surface area contributed by atoms with Crippen molar-refractivity contribution in [3.05, 3.63) is 88.0 Å². The molecule has 0 fully saturated rings. The van der Waals surface area contributed by atoms with Crippen molar-refractivity contribution in [1.82, 2.24) is 0 Å². The fraction of sp³-hybridized carbons (Fsp3) is 0.571. The largest absolute Gasteiger partial charge is 1.00 e. The minimum absolute atomic E-state index is 0. The van der Waals surface area contributed by atoms with Gasteiger partial charge >= 0.3 is 31.0 Å². The van der Waals surface area contributed by atoms with Gasteiger partial charge in [-0.2, -0.15) is 0 Å². The number of benzene rings is 3. The molecule has 3 aromatic carbocycles. The van der Waals surface area contributed by atoms with Gasteiger partial charge in [0, 0.05) is 16.7 Å². The van der Waals surface area contributed by atoms with Crippen molar-refractivity contribution in [3.8, 4) is 17.2 Å². The second-order valence-electron chi connectivity index (χ2n) is 19.0. The van der Waals surface area contributed by atoms with Crippen LogP contribution in [0.3, 0.4) is 0 Å². The van der Waals surface area contributed by atoms with Crippen LogP contribution in [0.1, 0.15) is 158 Å².